The summed E-state index contributed by atoms with van der Waals surface area (Å²) in [6.45, 7) is 3.53. The van der Waals surface area contributed by atoms with E-state index in [2.05, 4.69) is 30.7 Å². The molecule has 9 heteroatoms. The van der Waals surface area contributed by atoms with Crippen LogP contribution in [-0.2, 0) is 0 Å². The van der Waals surface area contributed by atoms with E-state index in [4.69, 9.17) is 5.26 Å². The second kappa shape index (κ2) is 7.67. The molecule has 9 nitrogen and oxygen atoms in total. The Morgan fingerprint density at radius 3 is 2.79 bits per heavy atom. The standard InChI is InChI=1S/C20H20N8O/c1-12-8-23-20(26-15-10-24-28(11-15)16-4-5-16)27-18(12)14-3-6-17(22-9-14)19(29)25-13(2)7-21/h3,6,8-11,13,16H,4-5H2,1-2H3,(H,25,29)(H,23,26,27). The highest BCUT2D eigenvalue weighted by molar-refractivity contribution is 5.92. The maximum atomic E-state index is 12.1. The number of pyridine rings is 1. The zero-order valence-electron chi connectivity index (χ0n) is 16.1. The van der Waals surface area contributed by atoms with Crippen LogP contribution in [0.5, 0.6) is 0 Å². The first-order valence-corrected chi connectivity index (χ1v) is 9.35. The first-order valence-electron chi connectivity index (χ1n) is 9.35. The number of carbonyl (C=O) groups excluding carboxylic acids is 1. The fraction of sp³-hybridized carbons (Fsp3) is 0.300. The molecule has 1 amide bonds. The SMILES string of the molecule is Cc1cnc(Nc2cnn(C3CC3)c2)nc1-c1ccc(C(=O)NC(C)C#N)nc1. The molecule has 0 aliphatic heterocycles. The van der Waals surface area contributed by atoms with E-state index in [0.717, 1.165) is 22.5 Å². The minimum atomic E-state index is -0.578. The zero-order chi connectivity index (χ0) is 20.4. The van der Waals surface area contributed by atoms with Gasteiger partial charge in [-0.2, -0.15) is 10.4 Å². The van der Waals surface area contributed by atoms with E-state index in [1.807, 2.05) is 23.9 Å². The molecular formula is C20H20N8O. The molecule has 146 valence electrons. The van der Waals surface area contributed by atoms with Crippen molar-refractivity contribution in [1.29, 1.82) is 5.26 Å². The minimum absolute atomic E-state index is 0.244. The van der Waals surface area contributed by atoms with Gasteiger partial charge < -0.3 is 10.6 Å². The molecule has 0 spiro atoms. The largest absolute Gasteiger partial charge is 0.335 e. The summed E-state index contributed by atoms with van der Waals surface area (Å²) in [7, 11) is 0. The fourth-order valence-electron chi connectivity index (χ4n) is 2.84. The molecule has 1 atom stereocenters. The molecule has 0 saturated heterocycles. The van der Waals surface area contributed by atoms with Crippen LogP contribution in [0.25, 0.3) is 11.3 Å². The van der Waals surface area contributed by atoms with Crippen LogP contribution in [-0.4, -0.2) is 36.7 Å². The monoisotopic (exact) mass is 388 g/mol. The highest BCUT2D eigenvalue weighted by atomic mass is 16.1. The first-order chi connectivity index (χ1) is 14.0. The van der Waals surface area contributed by atoms with E-state index in [1.54, 1.807) is 37.6 Å². The number of anilines is 2. The maximum Gasteiger partial charge on any atom is 0.270 e. The van der Waals surface area contributed by atoms with Crippen LogP contribution in [0.4, 0.5) is 11.6 Å². The Morgan fingerprint density at radius 1 is 1.28 bits per heavy atom. The van der Waals surface area contributed by atoms with Crippen molar-refractivity contribution in [2.75, 3.05) is 5.32 Å². The molecule has 3 heterocycles. The van der Waals surface area contributed by atoms with Crippen molar-refractivity contribution in [3.05, 3.63) is 48.2 Å². The fourth-order valence-corrected chi connectivity index (χ4v) is 2.84. The Balaban J connectivity index is 1.52. The van der Waals surface area contributed by atoms with E-state index in [-0.39, 0.29) is 11.6 Å². The van der Waals surface area contributed by atoms with Gasteiger partial charge in [0.15, 0.2) is 0 Å². The second-order valence-corrected chi connectivity index (χ2v) is 7.05. The van der Waals surface area contributed by atoms with Crippen molar-refractivity contribution < 1.29 is 4.79 Å². The third-order valence-electron chi connectivity index (χ3n) is 4.56. The average molecular weight is 388 g/mol. The number of amides is 1. The Bertz CT molecular complexity index is 1080. The van der Waals surface area contributed by atoms with Gasteiger partial charge in [0, 0.05) is 24.2 Å². The Hall–Kier alpha value is -3.80. The van der Waals surface area contributed by atoms with Gasteiger partial charge in [0.1, 0.15) is 11.7 Å². The summed E-state index contributed by atoms with van der Waals surface area (Å²) in [5.74, 6) is 0.0747. The Labute approximate surface area is 167 Å². The van der Waals surface area contributed by atoms with Gasteiger partial charge in [-0.3, -0.25) is 14.5 Å². The molecule has 0 bridgehead atoms. The normalized spacial score (nSPS) is 14.1. The van der Waals surface area contributed by atoms with Crippen molar-refractivity contribution in [2.45, 2.75) is 38.8 Å². The van der Waals surface area contributed by atoms with Crippen LogP contribution in [0.1, 0.15) is 41.9 Å². The summed E-state index contributed by atoms with van der Waals surface area (Å²) in [4.78, 5) is 25.2. The maximum absolute atomic E-state index is 12.1. The summed E-state index contributed by atoms with van der Waals surface area (Å²) < 4.78 is 1.96. The van der Waals surface area contributed by atoms with Gasteiger partial charge in [-0.15, -0.1) is 0 Å². The van der Waals surface area contributed by atoms with E-state index < -0.39 is 6.04 Å². The molecule has 1 fully saturated rings. The summed E-state index contributed by atoms with van der Waals surface area (Å²) in [5, 5.41) is 18.9. The predicted octanol–water partition coefficient (Wildman–Crippen LogP) is 2.76. The topological polar surface area (TPSA) is 121 Å². The van der Waals surface area contributed by atoms with Crippen molar-refractivity contribution in [3.63, 3.8) is 0 Å². The molecule has 4 rings (SSSR count). The molecule has 2 N–H and O–H groups in total. The van der Waals surface area contributed by atoms with Gasteiger partial charge >= 0.3 is 0 Å². The molecule has 3 aromatic heterocycles. The van der Waals surface area contributed by atoms with E-state index in [1.165, 1.54) is 12.8 Å². The number of aryl methyl sites for hydroxylation is 1. The second-order valence-electron chi connectivity index (χ2n) is 7.05. The van der Waals surface area contributed by atoms with Crippen LogP contribution >= 0.6 is 0 Å². The summed E-state index contributed by atoms with van der Waals surface area (Å²) >= 11 is 0. The highest BCUT2D eigenvalue weighted by Crippen LogP contribution is 2.34. The molecule has 1 aliphatic carbocycles. The molecule has 29 heavy (non-hydrogen) atoms. The number of nitrogens with zero attached hydrogens (tertiary/aromatic N) is 6. The lowest BCUT2D eigenvalue weighted by molar-refractivity contribution is 0.0943. The van der Waals surface area contributed by atoms with Gasteiger partial charge in [0.05, 0.1) is 29.7 Å². The average Bonchev–Trinajstić information content (AvgIpc) is 3.48. The van der Waals surface area contributed by atoms with Crippen LogP contribution in [0.3, 0.4) is 0 Å². The number of carbonyl (C=O) groups is 1. The number of hydrogen-bond donors (Lipinski definition) is 2. The number of rotatable bonds is 6. The molecule has 3 aromatic rings. The molecule has 1 aliphatic rings. The van der Waals surface area contributed by atoms with Crippen molar-refractivity contribution in [3.8, 4) is 17.3 Å². The van der Waals surface area contributed by atoms with Gasteiger partial charge in [-0.1, -0.05) is 0 Å². The molecule has 0 radical (unpaired) electrons. The van der Waals surface area contributed by atoms with Crippen molar-refractivity contribution >= 4 is 17.5 Å². The highest BCUT2D eigenvalue weighted by Gasteiger charge is 2.24. The number of aromatic nitrogens is 5. The third kappa shape index (κ3) is 4.21. The van der Waals surface area contributed by atoms with E-state index in [0.29, 0.717) is 12.0 Å². The minimum Gasteiger partial charge on any atom is -0.335 e. The zero-order valence-corrected chi connectivity index (χ0v) is 16.1. The lowest BCUT2D eigenvalue weighted by Crippen LogP contribution is -2.31. The van der Waals surface area contributed by atoms with Gasteiger partial charge in [-0.25, -0.2) is 9.97 Å². The van der Waals surface area contributed by atoms with Crippen LogP contribution in [0.15, 0.2) is 36.9 Å². The Kier molecular flexibility index (Phi) is 4.91. The number of hydrogen-bond acceptors (Lipinski definition) is 7. The van der Waals surface area contributed by atoms with Gasteiger partial charge in [0.2, 0.25) is 5.95 Å². The predicted molar refractivity (Wildman–Crippen MR) is 106 cm³/mol. The quantitative estimate of drug-likeness (QED) is 0.666. The molecular weight excluding hydrogens is 368 g/mol. The van der Waals surface area contributed by atoms with Gasteiger partial charge in [-0.05, 0) is 44.4 Å². The summed E-state index contributed by atoms with van der Waals surface area (Å²) in [6.07, 6.45) is 9.39. The number of nitriles is 1. The third-order valence-corrected chi connectivity index (χ3v) is 4.56. The summed E-state index contributed by atoms with van der Waals surface area (Å²) in [6, 6.07) is 5.29. The van der Waals surface area contributed by atoms with Gasteiger partial charge in [0.25, 0.3) is 5.91 Å². The van der Waals surface area contributed by atoms with Crippen molar-refractivity contribution in [1.82, 2.24) is 30.0 Å². The molecule has 1 unspecified atom stereocenters. The number of nitrogens with one attached hydrogen (secondary N) is 2. The lowest BCUT2D eigenvalue weighted by atomic mass is 10.1. The molecule has 1 saturated carbocycles. The Morgan fingerprint density at radius 2 is 2.10 bits per heavy atom. The van der Waals surface area contributed by atoms with Crippen LogP contribution < -0.4 is 10.6 Å². The van der Waals surface area contributed by atoms with Crippen LogP contribution in [0.2, 0.25) is 0 Å². The van der Waals surface area contributed by atoms with E-state index in [9.17, 15) is 4.79 Å². The lowest BCUT2D eigenvalue weighted by Gasteiger charge is -2.09. The van der Waals surface area contributed by atoms with E-state index >= 15 is 0 Å². The van der Waals surface area contributed by atoms with Crippen LogP contribution in [0, 0.1) is 18.3 Å². The summed E-state index contributed by atoms with van der Waals surface area (Å²) in [5.41, 5.74) is 3.46. The smallest absolute Gasteiger partial charge is 0.270 e. The molecule has 0 aromatic carbocycles. The van der Waals surface area contributed by atoms with Crippen molar-refractivity contribution in [2.24, 2.45) is 0 Å². The first kappa shape index (κ1) is 18.6.